The van der Waals surface area contributed by atoms with E-state index in [4.69, 9.17) is 18.9 Å². The van der Waals surface area contributed by atoms with Gasteiger partial charge in [-0.25, -0.2) is 0 Å². The standard InChI is InChI=1S/C21H22N2O7/c1-3-28-18-11-14(15(23(25)26)12-17(18)27-2)20(24)22-13-6-7-16-19(10-13)30-21(29-16)8-4-5-9-21/h6-7,10-12H,3-5,8-9H2,1-2H3,(H,22,24). The predicted molar refractivity (Wildman–Crippen MR) is 108 cm³/mol. The van der Waals surface area contributed by atoms with Gasteiger partial charge in [0.15, 0.2) is 23.0 Å². The van der Waals surface area contributed by atoms with Crippen molar-refractivity contribution in [3.05, 3.63) is 46.0 Å². The fraction of sp³-hybridized carbons (Fsp3) is 0.381. The van der Waals surface area contributed by atoms with Gasteiger partial charge in [-0.3, -0.25) is 14.9 Å². The molecule has 4 rings (SSSR count). The summed E-state index contributed by atoms with van der Waals surface area (Å²) >= 11 is 0. The van der Waals surface area contributed by atoms with Crippen molar-refractivity contribution in [3.8, 4) is 23.0 Å². The number of ether oxygens (including phenoxy) is 4. The number of nitro benzene ring substituents is 1. The molecule has 1 fully saturated rings. The van der Waals surface area contributed by atoms with Gasteiger partial charge in [-0.15, -0.1) is 0 Å². The molecule has 0 bridgehead atoms. The van der Waals surface area contributed by atoms with Crippen LogP contribution in [0.4, 0.5) is 11.4 Å². The van der Waals surface area contributed by atoms with Crippen LogP contribution in [0.5, 0.6) is 23.0 Å². The maximum Gasteiger partial charge on any atom is 0.286 e. The summed E-state index contributed by atoms with van der Waals surface area (Å²) in [6, 6.07) is 7.57. The third-order valence-corrected chi connectivity index (χ3v) is 5.18. The van der Waals surface area contributed by atoms with Gasteiger partial charge in [0.05, 0.1) is 24.7 Å². The molecule has 30 heavy (non-hydrogen) atoms. The lowest BCUT2D eigenvalue weighted by Crippen LogP contribution is -2.34. The number of hydrogen-bond donors (Lipinski definition) is 1. The monoisotopic (exact) mass is 414 g/mol. The van der Waals surface area contributed by atoms with Crippen LogP contribution in [0.25, 0.3) is 0 Å². The second-order valence-electron chi connectivity index (χ2n) is 7.15. The largest absolute Gasteiger partial charge is 0.493 e. The Morgan fingerprint density at radius 3 is 2.57 bits per heavy atom. The van der Waals surface area contributed by atoms with Crippen molar-refractivity contribution in [2.75, 3.05) is 19.0 Å². The molecule has 2 aliphatic rings. The maximum absolute atomic E-state index is 12.9. The average Bonchev–Trinajstić information content (AvgIpc) is 3.33. The quantitative estimate of drug-likeness (QED) is 0.554. The van der Waals surface area contributed by atoms with Gasteiger partial charge in [-0.1, -0.05) is 0 Å². The van der Waals surface area contributed by atoms with Crippen molar-refractivity contribution in [2.45, 2.75) is 38.4 Å². The molecular weight excluding hydrogens is 392 g/mol. The zero-order valence-corrected chi connectivity index (χ0v) is 16.7. The number of nitro groups is 1. The van der Waals surface area contributed by atoms with Crippen molar-refractivity contribution in [3.63, 3.8) is 0 Å². The molecule has 1 aliphatic carbocycles. The highest BCUT2D eigenvalue weighted by Gasteiger charge is 2.44. The average molecular weight is 414 g/mol. The second kappa shape index (κ2) is 7.74. The van der Waals surface area contributed by atoms with Crippen molar-refractivity contribution >= 4 is 17.3 Å². The first-order valence-corrected chi connectivity index (χ1v) is 9.77. The van der Waals surface area contributed by atoms with Crippen LogP contribution in [0.15, 0.2) is 30.3 Å². The van der Waals surface area contributed by atoms with Crippen LogP contribution in [0.3, 0.4) is 0 Å². The van der Waals surface area contributed by atoms with Crippen molar-refractivity contribution in [1.82, 2.24) is 0 Å². The van der Waals surface area contributed by atoms with E-state index in [-0.39, 0.29) is 22.7 Å². The Bertz CT molecular complexity index is 999. The van der Waals surface area contributed by atoms with Crippen LogP contribution in [0.2, 0.25) is 0 Å². The fourth-order valence-corrected chi connectivity index (χ4v) is 3.80. The minimum absolute atomic E-state index is 0.130. The smallest absolute Gasteiger partial charge is 0.286 e. The summed E-state index contributed by atoms with van der Waals surface area (Å²) in [6.07, 6.45) is 3.73. The predicted octanol–water partition coefficient (Wildman–Crippen LogP) is 4.30. The molecule has 0 saturated heterocycles. The van der Waals surface area contributed by atoms with Crippen LogP contribution < -0.4 is 24.3 Å². The van der Waals surface area contributed by atoms with Crippen molar-refractivity contribution < 1.29 is 28.7 Å². The Hall–Kier alpha value is -3.49. The number of anilines is 1. The van der Waals surface area contributed by atoms with E-state index >= 15 is 0 Å². The molecule has 1 saturated carbocycles. The Morgan fingerprint density at radius 1 is 1.17 bits per heavy atom. The molecular formula is C21H22N2O7. The summed E-state index contributed by atoms with van der Waals surface area (Å²) < 4.78 is 22.6. The summed E-state index contributed by atoms with van der Waals surface area (Å²) in [5, 5.41) is 14.2. The molecule has 0 aromatic heterocycles. The lowest BCUT2D eigenvalue weighted by molar-refractivity contribution is -0.385. The number of nitrogens with zero attached hydrogens (tertiary/aromatic N) is 1. The fourth-order valence-electron chi connectivity index (χ4n) is 3.80. The van der Waals surface area contributed by atoms with Crippen LogP contribution in [0, 0.1) is 10.1 Å². The first-order chi connectivity index (χ1) is 14.4. The molecule has 1 amide bonds. The first kappa shape index (κ1) is 19.8. The van der Waals surface area contributed by atoms with E-state index in [0.717, 1.165) is 25.7 Å². The number of rotatable bonds is 6. The molecule has 1 aliphatic heterocycles. The van der Waals surface area contributed by atoms with E-state index in [2.05, 4.69) is 5.32 Å². The van der Waals surface area contributed by atoms with Gasteiger partial charge in [0.25, 0.3) is 17.4 Å². The number of hydrogen-bond acceptors (Lipinski definition) is 7. The number of carbonyl (C=O) groups is 1. The zero-order valence-electron chi connectivity index (χ0n) is 16.7. The molecule has 1 N–H and O–H groups in total. The summed E-state index contributed by atoms with van der Waals surface area (Å²) in [5.41, 5.74) is -0.0619. The van der Waals surface area contributed by atoms with E-state index in [1.807, 2.05) is 0 Å². The SMILES string of the molecule is CCOc1cc(C(=O)Nc2ccc3c(c2)OC2(CCCC2)O3)c([N+](=O)[O-])cc1OC. The Balaban J connectivity index is 1.60. The normalized spacial score (nSPS) is 15.8. The molecule has 9 heteroatoms. The van der Waals surface area contributed by atoms with Crippen molar-refractivity contribution in [2.24, 2.45) is 0 Å². The van der Waals surface area contributed by atoms with E-state index in [0.29, 0.717) is 23.8 Å². The van der Waals surface area contributed by atoms with Gasteiger partial charge in [0.1, 0.15) is 5.56 Å². The Labute approximate surface area is 173 Å². The Kier molecular flexibility index (Phi) is 5.11. The van der Waals surface area contributed by atoms with E-state index in [1.165, 1.54) is 19.2 Å². The summed E-state index contributed by atoms with van der Waals surface area (Å²) in [5.74, 6) is 0.374. The summed E-state index contributed by atoms with van der Waals surface area (Å²) in [4.78, 5) is 23.7. The summed E-state index contributed by atoms with van der Waals surface area (Å²) in [6.45, 7) is 2.09. The van der Waals surface area contributed by atoms with Gasteiger partial charge < -0.3 is 24.3 Å². The molecule has 0 atom stereocenters. The number of nitrogens with one attached hydrogen (secondary N) is 1. The third-order valence-electron chi connectivity index (χ3n) is 5.18. The minimum Gasteiger partial charge on any atom is -0.493 e. The highest BCUT2D eigenvalue weighted by molar-refractivity contribution is 6.07. The number of amides is 1. The number of fused-ring (bicyclic) bond motifs is 1. The van der Waals surface area contributed by atoms with Gasteiger partial charge in [-0.05, 0) is 31.9 Å². The van der Waals surface area contributed by atoms with Crippen LogP contribution in [0.1, 0.15) is 43.0 Å². The van der Waals surface area contributed by atoms with Gasteiger partial charge >= 0.3 is 0 Å². The van der Waals surface area contributed by atoms with Crippen LogP contribution in [-0.4, -0.2) is 30.3 Å². The highest BCUT2D eigenvalue weighted by Crippen LogP contribution is 2.47. The maximum atomic E-state index is 12.9. The number of benzene rings is 2. The Morgan fingerprint density at radius 2 is 1.90 bits per heavy atom. The molecule has 2 aromatic rings. The lowest BCUT2D eigenvalue weighted by atomic mass is 10.1. The molecule has 1 heterocycles. The van der Waals surface area contributed by atoms with E-state index < -0.39 is 16.6 Å². The highest BCUT2D eigenvalue weighted by atomic mass is 16.7. The molecule has 9 nitrogen and oxygen atoms in total. The number of methoxy groups -OCH3 is 1. The van der Waals surface area contributed by atoms with Crippen LogP contribution >= 0.6 is 0 Å². The molecule has 2 aromatic carbocycles. The van der Waals surface area contributed by atoms with Crippen LogP contribution in [-0.2, 0) is 0 Å². The molecule has 1 spiro atoms. The third kappa shape index (κ3) is 3.58. The van der Waals surface area contributed by atoms with Gasteiger partial charge in [0, 0.05) is 30.7 Å². The lowest BCUT2D eigenvalue weighted by Gasteiger charge is -2.21. The van der Waals surface area contributed by atoms with E-state index in [9.17, 15) is 14.9 Å². The zero-order chi connectivity index (χ0) is 21.3. The molecule has 0 unspecified atom stereocenters. The second-order valence-corrected chi connectivity index (χ2v) is 7.15. The van der Waals surface area contributed by atoms with E-state index in [1.54, 1.807) is 25.1 Å². The molecule has 158 valence electrons. The molecule has 0 radical (unpaired) electrons. The first-order valence-electron chi connectivity index (χ1n) is 9.77. The van der Waals surface area contributed by atoms with Gasteiger partial charge in [-0.2, -0.15) is 0 Å². The van der Waals surface area contributed by atoms with Crippen molar-refractivity contribution in [1.29, 1.82) is 0 Å². The minimum atomic E-state index is -0.639. The topological polar surface area (TPSA) is 109 Å². The summed E-state index contributed by atoms with van der Waals surface area (Å²) in [7, 11) is 1.38. The number of carbonyl (C=O) groups excluding carboxylic acids is 1. The van der Waals surface area contributed by atoms with Gasteiger partial charge in [0.2, 0.25) is 0 Å².